The molecule has 7 nitrogen and oxygen atoms in total. The largest absolute Gasteiger partial charge is 0.344 e. The molecule has 2 aromatic rings. The molecule has 1 fully saturated rings. The zero-order chi connectivity index (χ0) is 14.8. The average molecular weight is 286 g/mol. The molecule has 2 heterocycles. The lowest BCUT2D eigenvalue weighted by molar-refractivity contribution is 0.0923. The second kappa shape index (κ2) is 5.63. The number of aryl methyl sites for hydroxylation is 1. The number of amides is 1. The Labute approximate surface area is 122 Å². The van der Waals surface area contributed by atoms with Crippen molar-refractivity contribution in [2.75, 3.05) is 0 Å². The highest BCUT2D eigenvalue weighted by molar-refractivity contribution is 5.95. The van der Waals surface area contributed by atoms with Crippen LogP contribution in [0.5, 0.6) is 0 Å². The molecule has 0 aliphatic carbocycles. The molecule has 3 atom stereocenters. The van der Waals surface area contributed by atoms with Gasteiger partial charge in [0, 0.05) is 11.6 Å². The van der Waals surface area contributed by atoms with Crippen molar-refractivity contribution in [2.24, 2.45) is 0 Å². The Morgan fingerprint density at radius 2 is 1.95 bits per heavy atom. The smallest absolute Gasteiger partial charge is 0.251 e. The van der Waals surface area contributed by atoms with Crippen molar-refractivity contribution in [1.29, 1.82) is 0 Å². The molecular weight excluding hydrogens is 268 g/mol. The molecule has 0 saturated carbocycles. The lowest BCUT2D eigenvalue weighted by Gasteiger charge is -2.23. The first-order valence-corrected chi connectivity index (χ1v) is 6.88. The normalized spacial score (nSPS) is 25.0. The maximum absolute atomic E-state index is 12.5. The second-order valence-corrected chi connectivity index (χ2v) is 5.25. The number of aromatic nitrogens is 3. The van der Waals surface area contributed by atoms with Crippen LogP contribution in [0, 0.1) is 6.92 Å². The maximum Gasteiger partial charge on any atom is 0.251 e. The molecule has 0 bridgehead atoms. The standard InChI is InChI=1S/C14H18N6O/c1-9-5-3-4-6-11(9)14(21)17-12-10(2)18-19-13(12)20-7-15-16-8-20/h3-8,10,12-13,18-19H,1-2H3,(H,17,21). The minimum absolute atomic E-state index is 0.0754. The third-order valence-electron chi connectivity index (χ3n) is 3.78. The predicted octanol–water partition coefficient (Wildman–Crippen LogP) is 0.380. The Morgan fingerprint density at radius 3 is 2.67 bits per heavy atom. The van der Waals surface area contributed by atoms with Crippen molar-refractivity contribution in [1.82, 2.24) is 30.9 Å². The number of carbonyl (C=O) groups excluding carboxylic acids is 1. The summed E-state index contributed by atoms with van der Waals surface area (Å²) in [5.74, 6) is -0.0754. The Bertz CT molecular complexity index is 626. The van der Waals surface area contributed by atoms with Crippen LogP contribution in [0.1, 0.15) is 29.0 Å². The monoisotopic (exact) mass is 286 g/mol. The summed E-state index contributed by atoms with van der Waals surface area (Å²) in [4.78, 5) is 12.5. The predicted molar refractivity (Wildman–Crippen MR) is 77.2 cm³/mol. The summed E-state index contributed by atoms with van der Waals surface area (Å²) in [5, 5.41) is 10.7. The lowest BCUT2D eigenvalue weighted by atomic mass is 10.1. The number of hydrogen-bond donors (Lipinski definition) is 3. The molecule has 1 aromatic carbocycles. The molecule has 21 heavy (non-hydrogen) atoms. The van der Waals surface area contributed by atoms with Gasteiger partial charge >= 0.3 is 0 Å². The van der Waals surface area contributed by atoms with Gasteiger partial charge in [0.25, 0.3) is 5.91 Å². The first-order valence-electron chi connectivity index (χ1n) is 6.88. The van der Waals surface area contributed by atoms with Crippen LogP contribution in [0.3, 0.4) is 0 Å². The van der Waals surface area contributed by atoms with Gasteiger partial charge < -0.3 is 9.88 Å². The van der Waals surface area contributed by atoms with Gasteiger partial charge in [0.1, 0.15) is 18.8 Å². The van der Waals surface area contributed by atoms with Crippen LogP contribution in [-0.2, 0) is 0 Å². The van der Waals surface area contributed by atoms with Gasteiger partial charge in [-0.3, -0.25) is 10.2 Å². The van der Waals surface area contributed by atoms with Crippen LogP contribution in [-0.4, -0.2) is 32.8 Å². The third-order valence-corrected chi connectivity index (χ3v) is 3.78. The summed E-state index contributed by atoms with van der Waals surface area (Å²) in [7, 11) is 0. The van der Waals surface area contributed by atoms with Crippen LogP contribution in [0.25, 0.3) is 0 Å². The molecule has 7 heteroatoms. The van der Waals surface area contributed by atoms with E-state index in [2.05, 4.69) is 26.4 Å². The van der Waals surface area contributed by atoms with Crippen LogP contribution in [0.15, 0.2) is 36.9 Å². The van der Waals surface area contributed by atoms with E-state index in [0.717, 1.165) is 5.56 Å². The second-order valence-electron chi connectivity index (χ2n) is 5.25. The van der Waals surface area contributed by atoms with Gasteiger partial charge in [0.15, 0.2) is 0 Å². The molecule has 3 unspecified atom stereocenters. The minimum Gasteiger partial charge on any atom is -0.344 e. The highest BCUT2D eigenvalue weighted by atomic mass is 16.1. The van der Waals surface area contributed by atoms with Gasteiger partial charge in [-0.05, 0) is 25.5 Å². The van der Waals surface area contributed by atoms with E-state index < -0.39 is 0 Å². The fourth-order valence-corrected chi connectivity index (χ4v) is 2.54. The highest BCUT2D eigenvalue weighted by Gasteiger charge is 2.35. The molecule has 3 rings (SSSR count). The highest BCUT2D eigenvalue weighted by Crippen LogP contribution is 2.17. The van der Waals surface area contributed by atoms with E-state index in [1.54, 1.807) is 12.7 Å². The van der Waals surface area contributed by atoms with Gasteiger partial charge in [-0.2, -0.15) is 0 Å². The van der Waals surface area contributed by atoms with E-state index in [0.29, 0.717) is 5.56 Å². The molecule has 1 aromatic heterocycles. The summed E-state index contributed by atoms with van der Waals surface area (Å²) in [6.07, 6.45) is 3.14. The Hall–Kier alpha value is -2.25. The summed E-state index contributed by atoms with van der Waals surface area (Å²) in [6, 6.07) is 7.54. The fourth-order valence-electron chi connectivity index (χ4n) is 2.54. The zero-order valence-corrected chi connectivity index (χ0v) is 11.9. The topological polar surface area (TPSA) is 83.9 Å². The summed E-state index contributed by atoms with van der Waals surface area (Å²) in [6.45, 7) is 3.95. The third kappa shape index (κ3) is 2.65. The molecule has 1 saturated heterocycles. The fraction of sp³-hybridized carbons (Fsp3) is 0.357. The molecule has 3 N–H and O–H groups in total. The van der Waals surface area contributed by atoms with Crippen LogP contribution < -0.4 is 16.2 Å². The van der Waals surface area contributed by atoms with Crippen LogP contribution in [0.4, 0.5) is 0 Å². The minimum atomic E-state index is -0.122. The molecule has 0 spiro atoms. The number of benzene rings is 1. The molecule has 1 aliphatic rings. The zero-order valence-electron chi connectivity index (χ0n) is 11.9. The van der Waals surface area contributed by atoms with Crippen molar-refractivity contribution in [3.05, 3.63) is 48.0 Å². The van der Waals surface area contributed by atoms with Crippen molar-refractivity contribution >= 4 is 5.91 Å². The SMILES string of the molecule is Cc1ccccc1C(=O)NC1C(C)NNC1n1cnnc1. The molecular formula is C14H18N6O. The first-order chi connectivity index (χ1) is 10.2. The average Bonchev–Trinajstić information content (AvgIpc) is 3.10. The van der Waals surface area contributed by atoms with Gasteiger partial charge in [-0.15, -0.1) is 10.2 Å². The van der Waals surface area contributed by atoms with E-state index in [1.807, 2.05) is 42.7 Å². The van der Waals surface area contributed by atoms with E-state index >= 15 is 0 Å². The summed E-state index contributed by atoms with van der Waals surface area (Å²) < 4.78 is 1.83. The van der Waals surface area contributed by atoms with Gasteiger partial charge in [0.05, 0.1) is 6.04 Å². The van der Waals surface area contributed by atoms with E-state index in [9.17, 15) is 4.79 Å². The quantitative estimate of drug-likeness (QED) is 0.760. The van der Waals surface area contributed by atoms with Crippen molar-refractivity contribution in [2.45, 2.75) is 32.1 Å². The summed E-state index contributed by atoms with van der Waals surface area (Å²) in [5.41, 5.74) is 7.94. The molecule has 0 radical (unpaired) electrons. The number of nitrogens with one attached hydrogen (secondary N) is 3. The van der Waals surface area contributed by atoms with Gasteiger partial charge in [0.2, 0.25) is 0 Å². The van der Waals surface area contributed by atoms with Crippen molar-refractivity contribution in [3.63, 3.8) is 0 Å². The lowest BCUT2D eigenvalue weighted by Crippen LogP contribution is -2.45. The number of nitrogens with zero attached hydrogens (tertiary/aromatic N) is 3. The number of rotatable bonds is 3. The van der Waals surface area contributed by atoms with Gasteiger partial charge in [-0.1, -0.05) is 18.2 Å². The Balaban J connectivity index is 1.79. The Morgan fingerprint density at radius 1 is 1.24 bits per heavy atom. The Kier molecular flexibility index (Phi) is 3.68. The van der Waals surface area contributed by atoms with Gasteiger partial charge in [-0.25, -0.2) is 5.43 Å². The maximum atomic E-state index is 12.5. The van der Waals surface area contributed by atoms with Crippen molar-refractivity contribution in [3.8, 4) is 0 Å². The molecule has 1 amide bonds. The van der Waals surface area contributed by atoms with Crippen LogP contribution in [0.2, 0.25) is 0 Å². The molecule has 110 valence electrons. The van der Waals surface area contributed by atoms with Crippen LogP contribution >= 0.6 is 0 Å². The number of hydrogen-bond acceptors (Lipinski definition) is 5. The van der Waals surface area contributed by atoms with E-state index in [1.165, 1.54) is 0 Å². The van der Waals surface area contributed by atoms with Crippen molar-refractivity contribution < 1.29 is 4.79 Å². The van der Waals surface area contributed by atoms with E-state index in [4.69, 9.17) is 0 Å². The first kappa shape index (κ1) is 13.7. The number of carbonyl (C=O) groups is 1. The molecule has 1 aliphatic heterocycles. The number of hydrazine groups is 1. The summed E-state index contributed by atoms with van der Waals surface area (Å²) >= 11 is 0. The van der Waals surface area contributed by atoms with E-state index in [-0.39, 0.29) is 24.2 Å².